The predicted molar refractivity (Wildman–Crippen MR) is 51.3 cm³/mol. The van der Waals surface area contributed by atoms with Crippen LogP contribution in [-0.2, 0) is 0 Å². The van der Waals surface area contributed by atoms with E-state index in [1.165, 1.54) is 4.88 Å². The number of carbonyl (C=O) groups excluding carboxylic acids is 1. The fourth-order valence-corrected chi connectivity index (χ4v) is 2.87. The molecule has 0 spiro atoms. The maximum Gasteiger partial charge on any atom is 0.315 e. The monoisotopic (exact) mass is 246 g/mol. The Labute approximate surface area is 82.3 Å². The van der Waals surface area contributed by atoms with Gasteiger partial charge in [0, 0.05) is 15.9 Å². The Bertz CT molecular complexity index is 312. The van der Waals surface area contributed by atoms with Crippen LogP contribution in [0.5, 0.6) is 0 Å². The van der Waals surface area contributed by atoms with E-state index < -0.39 is 0 Å². The average Bonchev–Trinajstić information content (AvgIpc) is 2.58. The third-order valence-electron chi connectivity index (χ3n) is 1.73. The second-order valence-corrected chi connectivity index (χ2v) is 4.34. The fraction of sp³-hybridized carbons (Fsp3) is 0.286. The third-order valence-corrected chi connectivity index (χ3v) is 3.72. The summed E-state index contributed by atoms with van der Waals surface area (Å²) >= 11 is 5.07. The summed E-state index contributed by atoms with van der Waals surface area (Å²) in [5.41, 5.74) is 0. The van der Waals surface area contributed by atoms with E-state index in [9.17, 15) is 4.79 Å². The molecule has 0 aromatic carbocycles. The van der Waals surface area contributed by atoms with Gasteiger partial charge in [-0.3, -0.25) is 0 Å². The molecule has 64 valence electrons. The van der Waals surface area contributed by atoms with E-state index in [4.69, 9.17) is 0 Å². The van der Waals surface area contributed by atoms with Crippen molar-refractivity contribution >= 4 is 33.3 Å². The number of hydrogen-bond acceptors (Lipinski definition) is 2. The number of urea groups is 1. The van der Waals surface area contributed by atoms with Crippen LogP contribution in [0.1, 0.15) is 10.9 Å². The van der Waals surface area contributed by atoms with Gasteiger partial charge in [0.15, 0.2) is 0 Å². The highest BCUT2D eigenvalue weighted by Gasteiger charge is 2.23. The maximum atomic E-state index is 10.8. The lowest BCUT2D eigenvalue weighted by atomic mass is 10.2. The highest BCUT2D eigenvalue weighted by molar-refractivity contribution is 9.10. The first-order valence-corrected chi connectivity index (χ1v) is 5.22. The Morgan fingerprint density at radius 3 is 3.00 bits per heavy atom. The van der Waals surface area contributed by atoms with Gasteiger partial charge in [-0.1, -0.05) is 0 Å². The number of nitrogens with one attached hydrogen (secondary N) is 2. The molecule has 0 bridgehead atoms. The van der Waals surface area contributed by atoms with Gasteiger partial charge < -0.3 is 10.6 Å². The van der Waals surface area contributed by atoms with Crippen LogP contribution in [0.3, 0.4) is 0 Å². The zero-order chi connectivity index (χ0) is 8.55. The summed E-state index contributed by atoms with van der Waals surface area (Å²) in [6, 6.07) is 2.04. The second-order valence-electron chi connectivity index (χ2n) is 2.54. The van der Waals surface area contributed by atoms with Crippen LogP contribution >= 0.6 is 27.3 Å². The number of carbonyl (C=O) groups is 1. The summed E-state index contributed by atoms with van der Waals surface area (Å²) in [4.78, 5) is 12.0. The minimum Gasteiger partial charge on any atom is -0.336 e. The first-order valence-electron chi connectivity index (χ1n) is 3.54. The zero-order valence-corrected chi connectivity index (χ0v) is 8.54. The van der Waals surface area contributed by atoms with Crippen molar-refractivity contribution in [2.24, 2.45) is 0 Å². The summed E-state index contributed by atoms with van der Waals surface area (Å²) in [7, 11) is 0. The summed E-state index contributed by atoms with van der Waals surface area (Å²) in [5, 5.41) is 7.55. The van der Waals surface area contributed by atoms with Gasteiger partial charge in [0.1, 0.15) is 0 Å². The average molecular weight is 247 g/mol. The molecule has 1 aliphatic rings. The largest absolute Gasteiger partial charge is 0.336 e. The molecule has 12 heavy (non-hydrogen) atoms. The molecule has 0 aliphatic carbocycles. The van der Waals surface area contributed by atoms with Gasteiger partial charge in [-0.25, -0.2) is 4.79 Å². The number of amides is 2. The molecule has 1 fully saturated rings. The topological polar surface area (TPSA) is 41.1 Å². The Balaban J connectivity index is 2.21. The van der Waals surface area contributed by atoms with Crippen molar-refractivity contribution < 1.29 is 4.79 Å². The smallest absolute Gasteiger partial charge is 0.315 e. The summed E-state index contributed by atoms with van der Waals surface area (Å²) < 4.78 is 1.07. The molecule has 0 radical (unpaired) electrons. The van der Waals surface area contributed by atoms with E-state index in [-0.39, 0.29) is 12.1 Å². The molecule has 2 heterocycles. The van der Waals surface area contributed by atoms with Crippen LogP contribution in [0.25, 0.3) is 0 Å². The molecule has 1 atom stereocenters. The number of thiophene rings is 1. The Morgan fingerprint density at radius 2 is 2.50 bits per heavy atom. The molecule has 2 N–H and O–H groups in total. The van der Waals surface area contributed by atoms with Gasteiger partial charge in [0.2, 0.25) is 0 Å². The van der Waals surface area contributed by atoms with Gasteiger partial charge >= 0.3 is 6.03 Å². The maximum absolute atomic E-state index is 10.8. The molecule has 3 nitrogen and oxygen atoms in total. The lowest BCUT2D eigenvalue weighted by Gasteiger charge is -2.05. The third kappa shape index (κ3) is 1.34. The second kappa shape index (κ2) is 3.06. The van der Waals surface area contributed by atoms with Crippen molar-refractivity contribution in [1.82, 2.24) is 10.6 Å². The van der Waals surface area contributed by atoms with Crippen molar-refractivity contribution in [3.05, 3.63) is 20.8 Å². The number of halogens is 1. The standard InChI is InChI=1S/C7H7BrN2OS/c8-4-1-2-12-6(4)5-3-9-7(11)10-5/h1-2,5H,3H2,(H2,9,10,11). The van der Waals surface area contributed by atoms with Crippen molar-refractivity contribution in [3.63, 3.8) is 0 Å². The molecule has 1 aromatic rings. The summed E-state index contributed by atoms with van der Waals surface area (Å²) in [6.45, 7) is 0.679. The molecule has 1 saturated heterocycles. The summed E-state index contributed by atoms with van der Waals surface area (Å²) in [5.74, 6) is 0. The van der Waals surface area contributed by atoms with Crippen LogP contribution < -0.4 is 10.6 Å². The Hall–Kier alpha value is -0.550. The van der Waals surface area contributed by atoms with Gasteiger partial charge in [-0.15, -0.1) is 11.3 Å². The molecular weight excluding hydrogens is 240 g/mol. The molecule has 2 rings (SSSR count). The Morgan fingerprint density at radius 1 is 1.67 bits per heavy atom. The van der Waals surface area contributed by atoms with Crippen molar-refractivity contribution in [2.45, 2.75) is 6.04 Å². The van der Waals surface area contributed by atoms with Crippen molar-refractivity contribution in [1.29, 1.82) is 0 Å². The lowest BCUT2D eigenvalue weighted by Crippen LogP contribution is -2.21. The van der Waals surface area contributed by atoms with E-state index in [0.717, 1.165) is 4.47 Å². The van der Waals surface area contributed by atoms with Crippen LogP contribution in [0, 0.1) is 0 Å². The minimum absolute atomic E-state index is 0.0831. The van der Waals surface area contributed by atoms with Crippen LogP contribution in [-0.4, -0.2) is 12.6 Å². The highest BCUT2D eigenvalue weighted by Crippen LogP contribution is 2.29. The molecule has 2 amide bonds. The van der Waals surface area contributed by atoms with Gasteiger partial charge in [-0.2, -0.15) is 0 Å². The minimum atomic E-state index is -0.0831. The SMILES string of the molecule is O=C1NCC(c2sccc2Br)N1. The van der Waals surface area contributed by atoms with Crippen LogP contribution in [0.2, 0.25) is 0 Å². The van der Waals surface area contributed by atoms with Crippen LogP contribution in [0.15, 0.2) is 15.9 Å². The molecule has 1 aromatic heterocycles. The van der Waals surface area contributed by atoms with E-state index in [1.54, 1.807) is 11.3 Å². The summed E-state index contributed by atoms with van der Waals surface area (Å²) in [6.07, 6.45) is 0. The first-order chi connectivity index (χ1) is 5.77. The molecule has 5 heteroatoms. The fourth-order valence-electron chi connectivity index (χ4n) is 1.17. The molecular formula is C7H7BrN2OS. The van der Waals surface area contributed by atoms with Crippen molar-refractivity contribution in [2.75, 3.05) is 6.54 Å². The van der Waals surface area contributed by atoms with E-state index >= 15 is 0 Å². The molecule has 1 unspecified atom stereocenters. The molecule has 1 aliphatic heterocycles. The van der Waals surface area contributed by atoms with E-state index in [1.807, 2.05) is 11.4 Å². The quantitative estimate of drug-likeness (QED) is 0.781. The Kier molecular flexibility index (Phi) is 2.06. The van der Waals surface area contributed by atoms with Crippen molar-refractivity contribution in [3.8, 4) is 0 Å². The van der Waals surface area contributed by atoms with Gasteiger partial charge in [0.05, 0.1) is 6.04 Å². The number of hydrogen-bond donors (Lipinski definition) is 2. The van der Waals surface area contributed by atoms with Gasteiger partial charge in [0.25, 0.3) is 0 Å². The van der Waals surface area contributed by atoms with Crippen LogP contribution in [0.4, 0.5) is 4.79 Å². The zero-order valence-electron chi connectivity index (χ0n) is 6.13. The van der Waals surface area contributed by atoms with Gasteiger partial charge in [-0.05, 0) is 27.4 Å². The molecule has 0 saturated carbocycles. The van der Waals surface area contributed by atoms with E-state index in [2.05, 4.69) is 26.6 Å². The number of rotatable bonds is 1. The van der Waals surface area contributed by atoms with E-state index in [0.29, 0.717) is 6.54 Å². The lowest BCUT2D eigenvalue weighted by molar-refractivity contribution is 0.247. The first kappa shape index (κ1) is 8.07. The highest BCUT2D eigenvalue weighted by atomic mass is 79.9. The normalized spacial score (nSPS) is 22.1. The predicted octanol–water partition coefficient (Wildman–Crippen LogP) is 1.86.